The second kappa shape index (κ2) is 4.96. The van der Waals surface area contributed by atoms with E-state index in [2.05, 4.69) is 6.92 Å². The van der Waals surface area contributed by atoms with Gasteiger partial charge in [0.15, 0.2) is 5.78 Å². The summed E-state index contributed by atoms with van der Waals surface area (Å²) in [4.78, 5) is 22.6. The van der Waals surface area contributed by atoms with E-state index >= 15 is 0 Å². The molecule has 1 N–H and O–H groups in total. The molecule has 0 saturated heterocycles. The summed E-state index contributed by atoms with van der Waals surface area (Å²) in [6, 6.07) is 1.68. The van der Waals surface area contributed by atoms with Crippen molar-refractivity contribution in [2.75, 3.05) is 0 Å². The van der Waals surface area contributed by atoms with Gasteiger partial charge in [-0.1, -0.05) is 19.8 Å². The average Bonchev–Trinajstić information content (AvgIpc) is 3.01. The molecule has 1 aromatic rings. The highest BCUT2D eigenvalue weighted by atomic mass is 16.4. The van der Waals surface area contributed by atoms with Crippen molar-refractivity contribution in [3.8, 4) is 0 Å². The number of carbonyl (C=O) groups is 2. The summed E-state index contributed by atoms with van der Waals surface area (Å²) in [6.07, 6.45) is 6.10. The van der Waals surface area contributed by atoms with E-state index in [1.807, 2.05) is 0 Å². The van der Waals surface area contributed by atoms with Crippen LogP contribution < -0.4 is 0 Å². The summed E-state index contributed by atoms with van der Waals surface area (Å²) in [6.45, 7) is 3.53. The Labute approximate surface area is 107 Å². The van der Waals surface area contributed by atoms with Crippen LogP contribution >= 0.6 is 0 Å². The van der Waals surface area contributed by atoms with Gasteiger partial charge in [-0.15, -0.1) is 0 Å². The molecule has 98 valence electrons. The Bertz CT molecular complexity index is 471. The highest BCUT2D eigenvalue weighted by Gasteiger charge is 2.27. The quantitative estimate of drug-likeness (QED) is 0.788. The van der Waals surface area contributed by atoms with E-state index in [-0.39, 0.29) is 17.5 Å². The number of aromatic nitrogens is 1. The third kappa shape index (κ3) is 2.63. The van der Waals surface area contributed by atoms with Crippen molar-refractivity contribution >= 4 is 11.8 Å². The summed E-state index contributed by atoms with van der Waals surface area (Å²) in [7, 11) is 0. The molecule has 0 radical (unpaired) electrons. The number of hydrogen-bond donors (Lipinski definition) is 1. The maximum atomic E-state index is 11.4. The lowest BCUT2D eigenvalue weighted by Crippen LogP contribution is -2.14. The first kappa shape index (κ1) is 12.9. The van der Waals surface area contributed by atoms with E-state index in [9.17, 15) is 14.7 Å². The molecule has 0 amide bonds. The van der Waals surface area contributed by atoms with Crippen molar-refractivity contribution in [2.24, 2.45) is 5.92 Å². The summed E-state index contributed by atoms with van der Waals surface area (Å²) < 4.78 is 1.78. The lowest BCUT2D eigenvalue weighted by Gasteiger charge is -2.18. The van der Waals surface area contributed by atoms with Crippen molar-refractivity contribution < 1.29 is 14.7 Å². The minimum atomic E-state index is -0.961. The first-order chi connectivity index (χ1) is 8.52. The number of carboxylic acids is 1. The van der Waals surface area contributed by atoms with Gasteiger partial charge in [0.25, 0.3) is 0 Å². The van der Waals surface area contributed by atoms with Crippen LogP contribution in [-0.2, 0) is 0 Å². The minimum Gasteiger partial charge on any atom is -0.477 e. The number of nitrogens with zero attached hydrogens (tertiary/aromatic N) is 1. The molecule has 4 nitrogen and oxygen atoms in total. The monoisotopic (exact) mass is 249 g/mol. The molecule has 0 spiro atoms. The molecule has 1 saturated carbocycles. The third-order valence-electron chi connectivity index (χ3n) is 3.64. The Balaban J connectivity index is 2.32. The van der Waals surface area contributed by atoms with E-state index in [4.69, 9.17) is 0 Å². The zero-order valence-corrected chi connectivity index (χ0v) is 10.8. The summed E-state index contributed by atoms with van der Waals surface area (Å²) in [5.41, 5.74) is 0.717. The van der Waals surface area contributed by atoms with Crippen LogP contribution in [-0.4, -0.2) is 21.4 Å². The Kier molecular flexibility index (Phi) is 3.55. The topological polar surface area (TPSA) is 59.3 Å². The molecule has 1 unspecified atom stereocenters. The number of carboxylic acid groups (broad SMARTS) is 1. The van der Waals surface area contributed by atoms with E-state index in [0.29, 0.717) is 5.56 Å². The van der Waals surface area contributed by atoms with Gasteiger partial charge in [0.1, 0.15) is 5.69 Å². The highest BCUT2D eigenvalue weighted by molar-refractivity contribution is 5.97. The van der Waals surface area contributed by atoms with Crippen LogP contribution in [0.1, 0.15) is 66.4 Å². The molecule has 1 fully saturated rings. The smallest absolute Gasteiger partial charge is 0.352 e. The van der Waals surface area contributed by atoms with Crippen molar-refractivity contribution in [3.63, 3.8) is 0 Å². The molecule has 0 aromatic carbocycles. The summed E-state index contributed by atoms with van der Waals surface area (Å²) >= 11 is 0. The van der Waals surface area contributed by atoms with E-state index in [1.165, 1.54) is 25.8 Å². The van der Waals surface area contributed by atoms with Crippen LogP contribution in [0.25, 0.3) is 0 Å². The molecule has 1 atom stereocenters. The number of aromatic carboxylic acids is 1. The second-order valence-corrected chi connectivity index (χ2v) is 5.12. The number of hydrogen-bond acceptors (Lipinski definition) is 2. The standard InChI is InChI=1S/C14H19NO3/c1-3-12(6-10-4-5-10)15-8-11(9(2)16)7-13(15)14(17)18/h7-8,10,12H,3-6H2,1-2H3,(H,17,18). The first-order valence-electron chi connectivity index (χ1n) is 6.49. The van der Waals surface area contributed by atoms with Gasteiger partial charge >= 0.3 is 5.97 Å². The van der Waals surface area contributed by atoms with Gasteiger partial charge in [-0.05, 0) is 31.7 Å². The lowest BCUT2D eigenvalue weighted by molar-refractivity contribution is 0.0681. The Morgan fingerprint density at radius 2 is 2.17 bits per heavy atom. The van der Waals surface area contributed by atoms with Crippen molar-refractivity contribution in [1.82, 2.24) is 4.57 Å². The molecular weight excluding hydrogens is 230 g/mol. The average molecular weight is 249 g/mol. The zero-order valence-electron chi connectivity index (χ0n) is 10.8. The Morgan fingerprint density at radius 3 is 2.61 bits per heavy atom. The minimum absolute atomic E-state index is 0.0856. The normalized spacial score (nSPS) is 16.6. The highest BCUT2D eigenvalue weighted by Crippen LogP contribution is 2.38. The van der Waals surface area contributed by atoms with Crippen molar-refractivity contribution in [2.45, 2.75) is 45.6 Å². The third-order valence-corrected chi connectivity index (χ3v) is 3.64. The van der Waals surface area contributed by atoms with Crippen molar-refractivity contribution in [3.05, 3.63) is 23.5 Å². The van der Waals surface area contributed by atoms with Crippen LogP contribution in [0.5, 0.6) is 0 Å². The number of rotatable bonds is 6. The molecule has 4 heteroatoms. The van der Waals surface area contributed by atoms with E-state index < -0.39 is 5.97 Å². The summed E-state index contributed by atoms with van der Waals surface area (Å²) in [5.74, 6) is -0.311. The molecule has 1 aromatic heterocycles. The van der Waals surface area contributed by atoms with Gasteiger partial charge in [-0.25, -0.2) is 4.79 Å². The largest absolute Gasteiger partial charge is 0.477 e. The van der Waals surface area contributed by atoms with Crippen LogP contribution in [0.3, 0.4) is 0 Å². The van der Waals surface area contributed by atoms with Crippen LogP contribution in [0.4, 0.5) is 0 Å². The first-order valence-corrected chi connectivity index (χ1v) is 6.49. The molecule has 0 bridgehead atoms. The Hall–Kier alpha value is -1.58. The fourth-order valence-corrected chi connectivity index (χ4v) is 2.36. The van der Waals surface area contributed by atoms with Gasteiger partial charge < -0.3 is 9.67 Å². The molecule has 2 rings (SSSR count). The molecule has 1 aliphatic rings. The van der Waals surface area contributed by atoms with Gasteiger partial charge in [-0.2, -0.15) is 0 Å². The predicted molar refractivity (Wildman–Crippen MR) is 68.1 cm³/mol. The van der Waals surface area contributed by atoms with Crippen LogP contribution in [0.2, 0.25) is 0 Å². The van der Waals surface area contributed by atoms with Gasteiger partial charge in [-0.3, -0.25) is 4.79 Å². The molecule has 1 heterocycles. The number of Topliss-reactive ketones (excluding diaryl/α,β-unsaturated/α-hetero) is 1. The van der Waals surface area contributed by atoms with Gasteiger partial charge in [0, 0.05) is 17.8 Å². The van der Waals surface area contributed by atoms with Crippen LogP contribution in [0, 0.1) is 5.92 Å². The molecule has 0 aliphatic heterocycles. The lowest BCUT2D eigenvalue weighted by atomic mass is 10.1. The Morgan fingerprint density at radius 1 is 1.50 bits per heavy atom. The number of carbonyl (C=O) groups excluding carboxylic acids is 1. The van der Waals surface area contributed by atoms with E-state index in [1.54, 1.807) is 10.8 Å². The summed E-state index contributed by atoms with van der Waals surface area (Å²) in [5, 5.41) is 9.22. The fourth-order valence-electron chi connectivity index (χ4n) is 2.36. The molecule has 18 heavy (non-hydrogen) atoms. The van der Waals surface area contributed by atoms with Gasteiger partial charge in [0.05, 0.1) is 0 Å². The number of ketones is 1. The van der Waals surface area contributed by atoms with Gasteiger partial charge in [0.2, 0.25) is 0 Å². The predicted octanol–water partition coefficient (Wildman–Crippen LogP) is 3.14. The molecular formula is C14H19NO3. The SMILES string of the molecule is CCC(CC1CC1)n1cc(C(C)=O)cc1C(=O)O. The van der Waals surface area contributed by atoms with Crippen LogP contribution in [0.15, 0.2) is 12.3 Å². The maximum absolute atomic E-state index is 11.4. The zero-order chi connectivity index (χ0) is 13.3. The fraction of sp³-hybridized carbons (Fsp3) is 0.571. The van der Waals surface area contributed by atoms with Crippen molar-refractivity contribution in [1.29, 1.82) is 0 Å². The maximum Gasteiger partial charge on any atom is 0.352 e. The van der Waals surface area contributed by atoms with E-state index in [0.717, 1.165) is 18.8 Å². The second-order valence-electron chi connectivity index (χ2n) is 5.12. The molecule has 1 aliphatic carbocycles.